The van der Waals surface area contributed by atoms with E-state index in [1.807, 2.05) is 25.7 Å². The van der Waals surface area contributed by atoms with E-state index in [2.05, 4.69) is 20.1 Å². The van der Waals surface area contributed by atoms with E-state index in [4.69, 9.17) is 9.51 Å². The number of amides is 1. The lowest BCUT2D eigenvalue weighted by atomic mass is 10.0. The number of hydrogen-bond donors (Lipinski definition) is 0. The lowest BCUT2D eigenvalue weighted by Gasteiger charge is -2.16. The Hall–Kier alpha value is -3.16. The van der Waals surface area contributed by atoms with Crippen LogP contribution in [-0.2, 0) is 6.42 Å². The number of rotatable bonds is 4. The molecule has 1 aliphatic rings. The molecule has 1 aliphatic heterocycles. The predicted molar refractivity (Wildman–Crippen MR) is 101 cm³/mol. The van der Waals surface area contributed by atoms with E-state index in [0.29, 0.717) is 18.2 Å². The first kappa shape index (κ1) is 18.2. The Labute approximate surface area is 163 Å². The fourth-order valence-corrected chi connectivity index (χ4v) is 3.62. The monoisotopic (exact) mass is 378 g/mol. The van der Waals surface area contributed by atoms with Gasteiger partial charge in [-0.15, -0.1) is 0 Å². The molecule has 0 saturated carbocycles. The van der Waals surface area contributed by atoms with Crippen molar-refractivity contribution in [1.82, 2.24) is 30.0 Å². The van der Waals surface area contributed by atoms with Crippen molar-refractivity contribution in [3.63, 3.8) is 0 Å². The fraction of sp³-hybridized carbons (Fsp3) is 0.400. The minimum absolute atomic E-state index is 0.0643. The van der Waals surface area contributed by atoms with E-state index in [0.717, 1.165) is 53.5 Å². The van der Waals surface area contributed by atoms with E-state index < -0.39 is 0 Å². The fourth-order valence-electron chi connectivity index (χ4n) is 3.62. The summed E-state index contributed by atoms with van der Waals surface area (Å²) in [5, 5.41) is 3.99. The zero-order valence-corrected chi connectivity index (χ0v) is 16.2. The van der Waals surface area contributed by atoms with Gasteiger partial charge in [0.1, 0.15) is 11.5 Å². The van der Waals surface area contributed by atoms with Gasteiger partial charge in [-0.25, -0.2) is 9.97 Å². The van der Waals surface area contributed by atoms with Gasteiger partial charge in [0.25, 0.3) is 5.91 Å². The maximum absolute atomic E-state index is 12.6. The molecular formula is C20H22N6O2. The van der Waals surface area contributed by atoms with E-state index in [1.54, 1.807) is 24.8 Å². The summed E-state index contributed by atoms with van der Waals surface area (Å²) in [4.78, 5) is 31.9. The van der Waals surface area contributed by atoms with Gasteiger partial charge >= 0.3 is 0 Å². The maximum atomic E-state index is 12.6. The van der Waals surface area contributed by atoms with Crippen LogP contribution < -0.4 is 0 Å². The Morgan fingerprint density at radius 2 is 2.04 bits per heavy atom. The molecule has 8 heteroatoms. The zero-order chi connectivity index (χ0) is 19.7. The minimum Gasteiger partial charge on any atom is -0.361 e. The second-order valence-electron chi connectivity index (χ2n) is 7.25. The van der Waals surface area contributed by atoms with Crippen molar-refractivity contribution in [2.45, 2.75) is 33.6 Å². The van der Waals surface area contributed by atoms with Gasteiger partial charge in [0.2, 0.25) is 0 Å². The normalized spacial score (nSPS) is 16.5. The maximum Gasteiger partial charge on any atom is 0.274 e. The van der Waals surface area contributed by atoms with Crippen LogP contribution in [0.5, 0.6) is 0 Å². The first-order valence-electron chi connectivity index (χ1n) is 9.33. The standard InChI is InChI=1S/C20H22N6O2/c1-12-7-23-18(10-22-12)20(27)26-5-4-15(11-26)6-16-8-21-9-17(24-16)19-13(2)25-28-14(19)3/h7-10,15H,4-6,11H2,1-3H3/t15-/m1/s1. The van der Waals surface area contributed by atoms with Crippen molar-refractivity contribution in [2.24, 2.45) is 5.92 Å². The van der Waals surface area contributed by atoms with Crippen LogP contribution in [0, 0.1) is 26.7 Å². The molecule has 28 heavy (non-hydrogen) atoms. The van der Waals surface area contributed by atoms with Crippen molar-refractivity contribution in [1.29, 1.82) is 0 Å². The summed E-state index contributed by atoms with van der Waals surface area (Å²) in [6, 6.07) is 0. The molecule has 3 aromatic rings. The van der Waals surface area contributed by atoms with Crippen molar-refractivity contribution in [2.75, 3.05) is 13.1 Å². The van der Waals surface area contributed by atoms with Crippen molar-refractivity contribution < 1.29 is 9.32 Å². The topological polar surface area (TPSA) is 97.9 Å². The van der Waals surface area contributed by atoms with Gasteiger partial charge in [-0.2, -0.15) is 0 Å². The summed E-state index contributed by atoms with van der Waals surface area (Å²) in [6.07, 6.45) is 8.39. The molecule has 8 nitrogen and oxygen atoms in total. The molecule has 3 aromatic heterocycles. The molecule has 0 N–H and O–H groups in total. The molecule has 0 radical (unpaired) electrons. The quantitative estimate of drug-likeness (QED) is 0.688. The highest BCUT2D eigenvalue weighted by Crippen LogP contribution is 2.26. The molecule has 0 bridgehead atoms. The SMILES string of the molecule is Cc1cnc(C(=O)N2CC[C@H](Cc3cncc(-c4c(C)noc4C)n3)C2)cn1. The van der Waals surface area contributed by atoms with E-state index in [1.165, 1.54) is 0 Å². The second-order valence-corrected chi connectivity index (χ2v) is 7.25. The minimum atomic E-state index is -0.0643. The van der Waals surface area contributed by atoms with Crippen LogP contribution in [0.3, 0.4) is 0 Å². The highest BCUT2D eigenvalue weighted by atomic mass is 16.5. The zero-order valence-electron chi connectivity index (χ0n) is 16.2. The third kappa shape index (κ3) is 3.62. The van der Waals surface area contributed by atoms with Crippen LogP contribution in [-0.4, -0.2) is 49.0 Å². The average Bonchev–Trinajstić information content (AvgIpc) is 3.28. The summed E-state index contributed by atoms with van der Waals surface area (Å²) in [6.45, 7) is 7.03. The van der Waals surface area contributed by atoms with Crippen LogP contribution in [0.25, 0.3) is 11.3 Å². The van der Waals surface area contributed by atoms with Gasteiger partial charge in [0.15, 0.2) is 0 Å². The van der Waals surface area contributed by atoms with Crippen molar-refractivity contribution in [3.05, 3.63) is 53.3 Å². The molecule has 0 aliphatic carbocycles. The number of carbonyl (C=O) groups excluding carboxylic acids is 1. The molecule has 0 aromatic carbocycles. The first-order valence-corrected chi connectivity index (χ1v) is 9.33. The van der Waals surface area contributed by atoms with Crippen molar-refractivity contribution in [3.8, 4) is 11.3 Å². The van der Waals surface area contributed by atoms with Gasteiger partial charge in [-0.05, 0) is 39.5 Å². The van der Waals surface area contributed by atoms with Gasteiger partial charge in [0.05, 0.1) is 40.7 Å². The van der Waals surface area contributed by atoms with Crippen LogP contribution in [0.15, 0.2) is 29.3 Å². The summed E-state index contributed by atoms with van der Waals surface area (Å²) < 4.78 is 5.24. The summed E-state index contributed by atoms with van der Waals surface area (Å²) in [5.41, 5.74) is 4.58. The van der Waals surface area contributed by atoms with E-state index in [9.17, 15) is 4.79 Å². The molecule has 1 atom stereocenters. The van der Waals surface area contributed by atoms with Crippen LogP contribution in [0.2, 0.25) is 0 Å². The molecular weight excluding hydrogens is 356 g/mol. The molecule has 0 spiro atoms. The lowest BCUT2D eigenvalue weighted by molar-refractivity contribution is 0.0780. The summed E-state index contributed by atoms with van der Waals surface area (Å²) in [7, 11) is 0. The average molecular weight is 378 g/mol. The highest BCUT2D eigenvalue weighted by Gasteiger charge is 2.28. The van der Waals surface area contributed by atoms with Crippen molar-refractivity contribution >= 4 is 5.91 Å². The largest absolute Gasteiger partial charge is 0.361 e. The number of aryl methyl sites for hydroxylation is 3. The predicted octanol–water partition coefficient (Wildman–Crippen LogP) is 2.55. The lowest BCUT2D eigenvalue weighted by Crippen LogP contribution is -2.29. The smallest absolute Gasteiger partial charge is 0.274 e. The van der Waals surface area contributed by atoms with Gasteiger partial charge in [-0.1, -0.05) is 5.16 Å². The summed E-state index contributed by atoms with van der Waals surface area (Å²) in [5.74, 6) is 1.02. The number of nitrogens with zero attached hydrogens (tertiary/aromatic N) is 6. The first-order chi connectivity index (χ1) is 13.5. The number of carbonyl (C=O) groups is 1. The van der Waals surface area contributed by atoms with Crippen LogP contribution in [0.4, 0.5) is 0 Å². The van der Waals surface area contributed by atoms with Gasteiger partial charge in [0, 0.05) is 25.5 Å². The molecule has 1 saturated heterocycles. The van der Waals surface area contributed by atoms with E-state index >= 15 is 0 Å². The number of aromatic nitrogens is 5. The highest BCUT2D eigenvalue weighted by molar-refractivity contribution is 5.92. The molecule has 1 fully saturated rings. The number of likely N-dealkylation sites (tertiary alicyclic amines) is 1. The molecule has 4 heterocycles. The number of hydrogen-bond acceptors (Lipinski definition) is 7. The third-order valence-electron chi connectivity index (χ3n) is 5.04. The second kappa shape index (κ2) is 7.46. The molecule has 144 valence electrons. The Bertz CT molecular complexity index is 979. The van der Waals surface area contributed by atoms with Gasteiger partial charge in [-0.3, -0.25) is 14.8 Å². The molecule has 0 unspecified atom stereocenters. The Morgan fingerprint density at radius 3 is 2.75 bits per heavy atom. The third-order valence-corrected chi connectivity index (χ3v) is 5.04. The Balaban J connectivity index is 1.44. The van der Waals surface area contributed by atoms with E-state index in [-0.39, 0.29) is 5.91 Å². The Morgan fingerprint density at radius 1 is 1.18 bits per heavy atom. The van der Waals surface area contributed by atoms with Crippen LogP contribution >= 0.6 is 0 Å². The van der Waals surface area contributed by atoms with Crippen LogP contribution in [0.1, 0.15) is 39.8 Å². The molecule has 4 rings (SSSR count). The Kier molecular flexibility index (Phi) is 4.85. The van der Waals surface area contributed by atoms with Gasteiger partial charge < -0.3 is 9.42 Å². The molecule has 1 amide bonds. The summed E-state index contributed by atoms with van der Waals surface area (Å²) >= 11 is 0.